The molecule has 1 aliphatic carbocycles. The lowest BCUT2D eigenvalue weighted by atomic mass is 10.1. The van der Waals surface area contributed by atoms with E-state index in [1.807, 2.05) is 38.1 Å². The van der Waals surface area contributed by atoms with Crippen molar-refractivity contribution in [1.29, 1.82) is 0 Å². The topological polar surface area (TPSA) is 87.3 Å². The van der Waals surface area contributed by atoms with Crippen LogP contribution in [-0.4, -0.2) is 26.9 Å². The van der Waals surface area contributed by atoms with Gasteiger partial charge >= 0.3 is 0 Å². The molecule has 0 bridgehead atoms. The molecule has 0 radical (unpaired) electrons. The van der Waals surface area contributed by atoms with E-state index in [9.17, 15) is 13.2 Å². The Balaban J connectivity index is 1.56. The van der Waals surface area contributed by atoms with Crippen molar-refractivity contribution in [2.45, 2.75) is 56.9 Å². The highest BCUT2D eigenvalue weighted by molar-refractivity contribution is 7.89. The summed E-state index contributed by atoms with van der Waals surface area (Å²) < 4.78 is 27.3. The van der Waals surface area contributed by atoms with Crippen molar-refractivity contribution in [3.8, 4) is 0 Å². The van der Waals surface area contributed by atoms with E-state index in [4.69, 9.17) is 0 Å². The van der Waals surface area contributed by atoms with Crippen LogP contribution in [0.2, 0.25) is 0 Å². The SMILES string of the molecule is CCC(C)NS(=O)(=O)c1ccc(C(=O)Nc2ccc(NCC3CCCC3)cc2)cc1. The lowest BCUT2D eigenvalue weighted by Gasteiger charge is -2.13. The first-order valence-corrected chi connectivity index (χ1v) is 12.1. The second-order valence-electron chi connectivity index (χ2n) is 8.02. The molecule has 3 N–H and O–H groups in total. The van der Waals surface area contributed by atoms with Crippen LogP contribution in [0.25, 0.3) is 0 Å². The molecule has 0 spiro atoms. The van der Waals surface area contributed by atoms with Crippen LogP contribution < -0.4 is 15.4 Å². The Morgan fingerprint density at radius 2 is 1.60 bits per heavy atom. The summed E-state index contributed by atoms with van der Waals surface area (Å²) in [4.78, 5) is 12.6. The number of sulfonamides is 1. The van der Waals surface area contributed by atoms with Crippen LogP contribution in [0.4, 0.5) is 11.4 Å². The van der Waals surface area contributed by atoms with Crippen LogP contribution in [-0.2, 0) is 10.0 Å². The first-order chi connectivity index (χ1) is 14.4. The number of carbonyl (C=O) groups excluding carboxylic acids is 1. The zero-order valence-electron chi connectivity index (χ0n) is 17.6. The summed E-state index contributed by atoms with van der Waals surface area (Å²) in [6, 6.07) is 13.5. The van der Waals surface area contributed by atoms with E-state index in [2.05, 4.69) is 15.4 Å². The maximum atomic E-state index is 12.5. The zero-order chi connectivity index (χ0) is 21.6. The van der Waals surface area contributed by atoms with Crippen LogP contribution in [0.1, 0.15) is 56.3 Å². The molecule has 0 heterocycles. The van der Waals surface area contributed by atoms with Gasteiger partial charge in [-0.15, -0.1) is 0 Å². The van der Waals surface area contributed by atoms with Crippen molar-refractivity contribution in [3.05, 3.63) is 54.1 Å². The van der Waals surface area contributed by atoms with E-state index in [1.165, 1.54) is 49.9 Å². The molecule has 1 amide bonds. The minimum absolute atomic E-state index is 0.145. The van der Waals surface area contributed by atoms with Gasteiger partial charge in [-0.05, 0) is 80.6 Å². The van der Waals surface area contributed by atoms with E-state index < -0.39 is 10.0 Å². The molecule has 0 saturated heterocycles. The Labute approximate surface area is 179 Å². The predicted octanol–water partition coefficient (Wildman–Crippen LogP) is 4.62. The standard InChI is InChI=1S/C23H31N3O3S/c1-3-17(2)26-30(28,29)22-14-8-19(9-15-22)23(27)25-21-12-10-20(11-13-21)24-16-18-6-4-5-7-18/h8-15,17-18,24,26H,3-7,16H2,1-2H3,(H,25,27). The molecule has 1 saturated carbocycles. The first-order valence-electron chi connectivity index (χ1n) is 10.6. The average molecular weight is 430 g/mol. The van der Waals surface area contributed by atoms with Gasteiger partial charge in [0.2, 0.25) is 10.0 Å². The number of hydrogen-bond acceptors (Lipinski definition) is 4. The molecule has 2 aromatic rings. The van der Waals surface area contributed by atoms with E-state index >= 15 is 0 Å². The van der Waals surface area contributed by atoms with E-state index in [0.29, 0.717) is 17.7 Å². The maximum Gasteiger partial charge on any atom is 0.255 e. The van der Waals surface area contributed by atoms with Gasteiger partial charge in [-0.25, -0.2) is 13.1 Å². The fourth-order valence-corrected chi connectivity index (χ4v) is 4.88. The third kappa shape index (κ3) is 6.06. The smallest absolute Gasteiger partial charge is 0.255 e. The van der Waals surface area contributed by atoms with Crippen LogP contribution >= 0.6 is 0 Å². The molecule has 7 heteroatoms. The number of nitrogens with one attached hydrogen (secondary N) is 3. The van der Waals surface area contributed by atoms with Gasteiger partial charge in [0.05, 0.1) is 4.90 Å². The lowest BCUT2D eigenvalue weighted by molar-refractivity contribution is 0.102. The third-order valence-corrected chi connectivity index (χ3v) is 7.21. The molecule has 0 aromatic heterocycles. The number of hydrogen-bond donors (Lipinski definition) is 3. The Hall–Kier alpha value is -2.38. The largest absolute Gasteiger partial charge is 0.385 e. The number of carbonyl (C=O) groups is 1. The predicted molar refractivity (Wildman–Crippen MR) is 121 cm³/mol. The van der Waals surface area contributed by atoms with Crippen LogP contribution in [0.15, 0.2) is 53.4 Å². The van der Waals surface area contributed by atoms with Gasteiger partial charge in [0.1, 0.15) is 0 Å². The van der Waals surface area contributed by atoms with E-state index in [-0.39, 0.29) is 16.8 Å². The Bertz CT molecular complexity index is 935. The zero-order valence-corrected chi connectivity index (χ0v) is 18.5. The van der Waals surface area contributed by atoms with Gasteiger partial charge in [-0.3, -0.25) is 4.79 Å². The van der Waals surface area contributed by atoms with Gasteiger partial charge < -0.3 is 10.6 Å². The maximum absolute atomic E-state index is 12.5. The second-order valence-corrected chi connectivity index (χ2v) is 9.73. The summed E-state index contributed by atoms with van der Waals surface area (Å²) in [6.07, 6.45) is 5.97. The minimum atomic E-state index is -3.58. The molecular formula is C23H31N3O3S. The molecule has 1 aliphatic rings. The fourth-order valence-electron chi connectivity index (χ4n) is 3.55. The second kappa shape index (κ2) is 10.1. The quantitative estimate of drug-likeness (QED) is 0.543. The summed E-state index contributed by atoms with van der Waals surface area (Å²) in [5.74, 6) is 0.483. The molecule has 162 valence electrons. The molecule has 1 unspecified atom stereocenters. The third-order valence-electron chi connectivity index (χ3n) is 5.61. The number of rotatable bonds is 9. The number of benzene rings is 2. The van der Waals surface area contributed by atoms with Gasteiger partial charge in [0.15, 0.2) is 0 Å². The summed E-state index contributed by atoms with van der Waals surface area (Å²) >= 11 is 0. The van der Waals surface area contributed by atoms with E-state index in [0.717, 1.165) is 18.2 Å². The number of amides is 1. The van der Waals surface area contributed by atoms with Crippen molar-refractivity contribution in [2.24, 2.45) is 5.92 Å². The Morgan fingerprint density at radius 3 is 2.20 bits per heavy atom. The van der Waals surface area contributed by atoms with E-state index in [1.54, 1.807) is 0 Å². The van der Waals surface area contributed by atoms with Gasteiger partial charge in [0, 0.05) is 29.5 Å². The van der Waals surface area contributed by atoms with Crippen molar-refractivity contribution in [3.63, 3.8) is 0 Å². The molecule has 3 rings (SSSR count). The highest BCUT2D eigenvalue weighted by atomic mass is 32.2. The summed E-state index contributed by atoms with van der Waals surface area (Å²) in [5, 5.41) is 6.31. The monoisotopic (exact) mass is 429 g/mol. The van der Waals surface area contributed by atoms with Crippen LogP contribution in [0, 0.1) is 5.92 Å². The number of anilines is 2. The summed E-state index contributed by atoms with van der Waals surface area (Å²) in [7, 11) is -3.58. The van der Waals surface area contributed by atoms with Crippen molar-refractivity contribution in [2.75, 3.05) is 17.2 Å². The van der Waals surface area contributed by atoms with Gasteiger partial charge in [0.25, 0.3) is 5.91 Å². The molecule has 0 aliphatic heterocycles. The molecule has 6 nitrogen and oxygen atoms in total. The highest BCUT2D eigenvalue weighted by Crippen LogP contribution is 2.25. The lowest BCUT2D eigenvalue weighted by Crippen LogP contribution is -2.32. The Morgan fingerprint density at radius 1 is 1.00 bits per heavy atom. The highest BCUT2D eigenvalue weighted by Gasteiger charge is 2.17. The molecular weight excluding hydrogens is 398 g/mol. The molecule has 2 aromatic carbocycles. The van der Waals surface area contributed by atoms with Crippen molar-refractivity contribution >= 4 is 27.3 Å². The Kier molecular flexibility index (Phi) is 7.50. The van der Waals surface area contributed by atoms with Gasteiger partial charge in [-0.1, -0.05) is 19.8 Å². The average Bonchev–Trinajstić information content (AvgIpc) is 3.26. The summed E-state index contributed by atoms with van der Waals surface area (Å²) in [5.41, 5.74) is 2.14. The molecule has 1 fully saturated rings. The minimum Gasteiger partial charge on any atom is -0.385 e. The molecule has 1 atom stereocenters. The molecule has 30 heavy (non-hydrogen) atoms. The van der Waals surface area contributed by atoms with Crippen molar-refractivity contribution in [1.82, 2.24) is 4.72 Å². The van der Waals surface area contributed by atoms with Crippen molar-refractivity contribution < 1.29 is 13.2 Å². The van der Waals surface area contributed by atoms with Gasteiger partial charge in [-0.2, -0.15) is 0 Å². The normalized spacial score (nSPS) is 15.7. The summed E-state index contributed by atoms with van der Waals surface area (Å²) in [6.45, 7) is 4.72. The van der Waals surface area contributed by atoms with Crippen LogP contribution in [0.3, 0.4) is 0 Å². The van der Waals surface area contributed by atoms with Crippen LogP contribution in [0.5, 0.6) is 0 Å². The fraction of sp³-hybridized carbons (Fsp3) is 0.435. The first kappa shape index (κ1) is 22.3.